The Kier molecular flexibility index (Phi) is 6.15. The fourth-order valence-corrected chi connectivity index (χ4v) is 3.88. The van der Waals surface area contributed by atoms with Gasteiger partial charge in [-0.25, -0.2) is 8.42 Å². The van der Waals surface area contributed by atoms with Crippen LogP contribution in [0.25, 0.3) is 6.08 Å². The number of carbonyl (C=O) groups is 1. The van der Waals surface area contributed by atoms with Crippen LogP contribution in [0.5, 0.6) is 0 Å². The van der Waals surface area contributed by atoms with E-state index in [0.717, 1.165) is 5.56 Å². The highest BCUT2D eigenvalue weighted by Gasteiger charge is 2.16. The minimum Gasteiger partial charge on any atom is -0.378 e. The number of hydrogen-bond donors (Lipinski definition) is 1. The lowest BCUT2D eigenvalue weighted by molar-refractivity contribution is -0.129. The van der Waals surface area contributed by atoms with E-state index in [0.29, 0.717) is 37.0 Å². The molecule has 0 spiro atoms. The number of anilines is 1. The molecule has 0 saturated carbocycles. The molecule has 0 aromatic heterocycles. The van der Waals surface area contributed by atoms with E-state index in [-0.39, 0.29) is 10.8 Å². The van der Waals surface area contributed by atoms with Gasteiger partial charge in [0.1, 0.15) is 0 Å². The first-order valence-corrected chi connectivity index (χ1v) is 10.2. The zero-order valence-corrected chi connectivity index (χ0v) is 16.0. The molecule has 1 fully saturated rings. The molecule has 2 aromatic rings. The van der Waals surface area contributed by atoms with Crippen molar-refractivity contribution in [2.75, 3.05) is 31.0 Å². The van der Waals surface area contributed by atoms with Crippen LogP contribution in [0.3, 0.4) is 0 Å². The van der Waals surface area contributed by atoms with E-state index in [1.165, 1.54) is 18.2 Å². The van der Waals surface area contributed by atoms with E-state index in [1.54, 1.807) is 47.4 Å². The van der Waals surface area contributed by atoms with Crippen LogP contribution in [0.4, 0.5) is 5.69 Å². The largest absolute Gasteiger partial charge is 0.378 e. The molecule has 0 bridgehead atoms. The lowest BCUT2D eigenvalue weighted by Gasteiger charge is -2.25. The Morgan fingerprint density at radius 2 is 1.74 bits per heavy atom. The number of benzene rings is 2. The summed E-state index contributed by atoms with van der Waals surface area (Å²) in [7, 11) is -3.75. The van der Waals surface area contributed by atoms with Crippen LogP contribution < -0.4 is 4.72 Å². The summed E-state index contributed by atoms with van der Waals surface area (Å²) >= 11 is 6.00. The summed E-state index contributed by atoms with van der Waals surface area (Å²) in [6.07, 6.45) is 3.15. The van der Waals surface area contributed by atoms with Gasteiger partial charge in [0.15, 0.2) is 0 Å². The highest BCUT2D eigenvalue weighted by Crippen LogP contribution is 2.24. The van der Waals surface area contributed by atoms with Gasteiger partial charge in [0, 0.05) is 19.2 Å². The maximum Gasteiger partial charge on any atom is 0.261 e. The van der Waals surface area contributed by atoms with E-state index < -0.39 is 10.0 Å². The zero-order valence-electron chi connectivity index (χ0n) is 14.5. The standard InChI is InChI=1S/C19H19ClN2O4S/c20-17-3-1-2-4-18(17)21-27(24,25)16-8-5-15(6-9-16)7-10-19(23)22-11-13-26-14-12-22/h1-10,21H,11-14H2/b10-7+. The highest BCUT2D eigenvalue weighted by molar-refractivity contribution is 7.92. The molecule has 6 nitrogen and oxygen atoms in total. The number of carbonyl (C=O) groups excluding carboxylic acids is 1. The van der Waals surface area contributed by atoms with E-state index >= 15 is 0 Å². The number of para-hydroxylation sites is 1. The van der Waals surface area contributed by atoms with Gasteiger partial charge in [-0.15, -0.1) is 0 Å². The van der Waals surface area contributed by atoms with Crippen LogP contribution in [0.15, 0.2) is 59.5 Å². The number of rotatable bonds is 5. The Bertz CT molecular complexity index is 936. The average molecular weight is 407 g/mol. The van der Waals surface area contributed by atoms with Crippen molar-refractivity contribution < 1.29 is 17.9 Å². The minimum absolute atomic E-state index is 0.0876. The predicted octanol–water partition coefficient (Wildman–Crippen LogP) is 3.01. The first-order valence-electron chi connectivity index (χ1n) is 8.38. The molecule has 0 aliphatic carbocycles. The average Bonchev–Trinajstić information content (AvgIpc) is 2.69. The molecule has 0 atom stereocenters. The second-order valence-corrected chi connectivity index (χ2v) is 8.01. The highest BCUT2D eigenvalue weighted by atomic mass is 35.5. The number of sulfonamides is 1. The van der Waals surface area contributed by atoms with Gasteiger partial charge in [0.05, 0.1) is 28.8 Å². The van der Waals surface area contributed by atoms with Crippen LogP contribution >= 0.6 is 11.6 Å². The molecular weight excluding hydrogens is 388 g/mol. The summed E-state index contributed by atoms with van der Waals surface area (Å²) in [5.41, 5.74) is 1.05. The SMILES string of the molecule is O=C(/C=C/c1ccc(S(=O)(=O)Nc2ccccc2Cl)cc1)N1CCOCC1. The normalized spacial score (nSPS) is 15.1. The van der Waals surface area contributed by atoms with E-state index in [1.807, 2.05) is 0 Å². The maximum atomic E-state index is 12.5. The van der Waals surface area contributed by atoms with Crippen LogP contribution in [0.1, 0.15) is 5.56 Å². The first kappa shape index (κ1) is 19.4. The van der Waals surface area contributed by atoms with Crippen molar-refractivity contribution in [2.24, 2.45) is 0 Å². The van der Waals surface area contributed by atoms with Crippen molar-refractivity contribution >= 4 is 39.3 Å². The van der Waals surface area contributed by atoms with Gasteiger partial charge in [0.25, 0.3) is 10.0 Å². The summed E-state index contributed by atoms with van der Waals surface area (Å²) < 4.78 is 32.6. The Balaban J connectivity index is 1.68. The first-order chi connectivity index (χ1) is 13.0. The second kappa shape index (κ2) is 8.56. The Labute approximate surface area is 163 Å². The third kappa shape index (κ3) is 5.09. The molecule has 0 unspecified atom stereocenters. The third-order valence-corrected chi connectivity index (χ3v) is 5.76. The zero-order chi connectivity index (χ0) is 19.3. The number of nitrogens with zero attached hydrogens (tertiary/aromatic N) is 1. The number of morpholine rings is 1. The summed E-state index contributed by atoms with van der Waals surface area (Å²) in [5.74, 6) is -0.0876. The predicted molar refractivity (Wildman–Crippen MR) is 105 cm³/mol. The number of ether oxygens (including phenoxy) is 1. The number of nitrogens with one attached hydrogen (secondary N) is 1. The van der Waals surface area contributed by atoms with E-state index in [4.69, 9.17) is 16.3 Å². The summed E-state index contributed by atoms with van der Waals surface area (Å²) in [5, 5.41) is 0.322. The monoisotopic (exact) mass is 406 g/mol. The van der Waals surface area contributed by atoms with Gasteiger partial charge in [-0.05, 0) is 35.9 Å². The van der Waals surface area contributed by atoms with Crippen molar-refractivity contribution in [3.63, 3.8) is 0 Å². The van der Waals surface area contributed by atoms with Crippen molar-refractivity contribution in [1.82, 2.24) is 4.90 Å². The van der Waals surface area contributed by atoms with Gasteiger partial charge in [-0.2, -0.15) is 0 Å². The van der Waals surface area contributed by atoms with Gasteiger partial charge in [-0.3, -0.25) is 9.52 Å². The van der Waals surface area contributed by atoms with Gasteiger partial charge in [-0.1, -0.05) is 35.9 Å². The number of amides is 1. The Morgan fingerprint density at radius 1 is 1.07 bits per heavy atom. The molecule has 3 rings (SSSR count). The molecule has 2 aromatic carbocycles. The molecule has 8 heteroatoms. The van der Waals surface area contributed by atoms with Gasteiger partial charge >= 0.3 is 0 Å². The van der Waals surface area contributed by atoms with Crippen molar-refractivity contribution in [2.45, 2.75) is 4.90 Å². The molecule has 1 amide bonds. The molecule has 0 radical (unpaired) electrons. The van der Waals surface area contributed by atoms with Crippen LogP contribution in [0.2, 0.25) is 5.02 Å². The molecule has 142 valence electrons. The smallest absolute Gasteiger partial charge is 0.261 e. The fraction of sp³-hybridized carbons (Fsp3) is 0.211. The summed E-state index contributed by atoms with van der Waals surface area (Å²) in [4.78, 5) is 13.9. The van der Waals surface area contributed by atoms with Crippen LogP contribution in [-0.2, 0) is 19.6 Å². The molecule has 1 N–H and O–H groups in total. The van der Waals surface area contributed by atoms with Gasteiger partial charge in [0.2, 0.25) is 5.91 Å². The summed E-state index contributed by atoms with van der Waals surface area (Å²) in [6, 6.07) is 12.9. The van der Waals surface area contributed by atoms with Crippen molar-refractivity contribution in [3.8, 4) is 0 Å². The molecule has 1 saturated heterocycles. The van der Waals surface area contributed by atoms with Gasteiger partial charge < -0.3 is 9.64 Å². The third-order valence-electron chi connectivity index (χ3n) is 4.05. The maximum absolute atomic E-state index is 12.5. The lowest BCUT2D eigenvalue weighted by atomic mass is 10.2. The van der Waals surface area contributed by atoms with Crippen LogP contribution in [0, 0.1) is 0 Å². The fourth-order valence-electron chi connectivity index (χ4n) is 2.56. The Morgan fingerprint density at radius 3 is 2.41 bits per heavy atom. The van der Waals surface area contributed by atoms with E-state index in [2.05, 4.69) is 4.72 Å². The Hall–Kier alpha value is -2.35. The molecule has 1 heterocycles. The quantitative estimate of drug-likeness (QED) is 0.774. The molecule has 1 aliphatic rings. The topological polar surface area (TPSA) is 75.7 Å². The molecule has 27 heavy (non-hydrogen) atoms. The molecule has 1 aliphatic heterocycles. The molecular formula is C19H19ClN2O4S. The van der Waals surface area contributed by atoms with Crippen molar-refractivity contribution in [3.05, 3.63) is 65.2 Å². The van der Waals surface area contributed by atoms with E-state index in [9.17, 15) is 13.2 Å². The van der Waals surface area contributed by atoms with Crippen molar-refractivity contribution in [1.29, 1.82) is 0 Å². The minimum atomic E-state index is -3.75. The van der Waals surface area contributed by atoms with Crippen LogP contribution in [-0.4, -0.2) is 45.5 Å². The number of halogens is 1. The lowest BCUT2D eigenvalue weighted by Crippen LogP contribution is -2.39. The number of hydrogen-bond acceptors (Lipinski definition) is 4. The second-order valence-electron chi connectivity index (χ2n) is 5.93. The summed E-state index contributed by atoms with van der Waals surface area (Å²) in [6.45, 7) is 2.25.